The minimum absolute atomic E-state index is 0.335. The highest BCUT2D eigenvalue weighted by Gasteiger charge is 2.16. The lowest BCUT2D eigenvalue weighted by Gasteiger charge is -2.02. The van der Waals surface area contributed by atoms with Crippen molar-refractivity contribution in [1.82, 2.24) is 20.1 Å². The van der Waals surface area contributed by atoms with Crippen LogP contribution in [0.5, 0.6) is 5.75 Å². The fourth-order valence-electron chi connectivity index (χ4n) is 2.39. The molecule has 1 N–H and O–H groups in total. The van der Waals surface area contributed by atoms with E-state index in [1.165, 1.54) is 0 Å². The molecule has 0 saturated carbocycles. The van der Waals surface area contributed by atoms with Crippen molar-refractivity contribution in [2.24, 2.45) is 0 Å². The fourth-order valence-corrected chi connectivity index (χ4v) is 2.64. The summed E-state index contributed by atoms with van der Waals surface area (Å²) in [7, 11) is 1.58. The van der Waals surface area contributed by atoms with Gasteiger partial charge >= 0.3 is 0 Å². The molecule has 1 aromatic carbocycles. The number of aromatic nitrogens is 4. The van der Waals surface area contributed by atoms with E-state index in [9.17, 15) is 0 Å². The Morgan fingerprint density at radius 2 is 2.13 bits per heavy atom. The van der Waals surface area contributed by atoms with Gasteiger partial charge in [-0.1, -0.05) is 16.8 Å². The fraction of sp³-hybridized carbons (Fsp3) is 0.0625. The van der Waals surface area contributed by atoms with Gasteiger partial charge in [-0.25, -0.2) is 0 Å². The van der Waals surface area contributed by atoms with Crippen molar-refractivity contribution in [2.45, 2.75) is 0 Å². The Hall–Kier alpha value is -2.86. The first-order valence-corrected chi connectivity index (χ1v) is 7.24. The van der Waals surface area contributed by atoms with Crippen molar-refractivity contribution in [3.05, 3.63) is 47.7 Å². The quantitative estimate of drug-likeness (QED) is 0.617. The topological polar surface area (TPSA) is 76.8 Å². The van der Waals surface area contributed by atoms with Gasteiger partial charge in [-0.05, 0) is 30.3 Å². The van der Waals surface area contributed by atoms with E-state index in [-0.39, 0.29) is 0 Å². The summed E-state index contributed by atoms with van der Waals surface area (Å²) in [6.45, 7) is 0. The molecule has 0 aliphatic heterocycles. The molecule has 0 saturated heterocycles. The molecule has 23 heavy (non-hydrogen) atoms. The molecule has 0 fully saturated rings. The van der Waals surface area contributed by atoms with E-state index in [4.69, 9.17) is 20.9 Å². The lowest BCUT2D eigenvalue weighted by Crippen LogP contribution is -1.87. The number of fused-ring (bicyclic) bond motifs is 1. The van der Waals surface area contributed by atoms with Gasteiger partial charge in [-0.15, -0.1) is 0 Å². The van der Waals surface area contributed by atoms with Crippen LogP contribution in [0.25, 0.3) is 33.9 Å². The number of nitrogens with zero attached hydrogens (tertiary/aromatic N) is 3. The van der Waals surface area contributed by atoms with Gasteiger partial charge in [0.25, 0.3) is 5.89 Å². The second-order valence-corrected chi connectivity index (χ2v) is 5.27. The highest BCUT2D eigenvalue weighted by atomic mass is 35.5. The van der Waals surface area contributed by atoms with Gasteiger partial charge in [0.2, 0.25) is 5.82 Å². The maximum Gasteiger partial charge on any atom is 0.259 e. The van der Waals surface area contributed by atoms with Gasteiger partial charge in [-0.2, -0.15) is 4.98 Å². The SMILES string of the molecule is COc1ccc(-c2nc(-c3nccc4[nH]ccc34)no2)c(Cl)c1. The summed E-state index contributed by atoms with van der Waals surface area (Å²) in [6, 6.07) is 9.08. The van der Waals surface area contributed by atoms with Crippen LogP contribution in [0, 0.1) is 0 Å². The molecule has 6 nitrogen and oxygen atoms in total. The zero-order valence-corrected chi connectivity index (χ0v) is 12.8. The van der Waals surface area contributed by atoms with Crippen LogP contribution in [-0.2, 0) is 0 Å². The number of pyridine rings is 1. The maximum absolute atomic E-state index is 6.25. The van der Waals surface area contributed by atoms with Gasteiger partial charge < -0.3 is 14.2 Å². The minimum atomic E-state index is 0.335. The summed E-state index contributed by atoms with van der Waals surface area (Å²) in [5.41, 5.74) is 2.26. The molecule has 0 aliphatic rings. The second-order valence-electron chi connectivity index (χ2n) is 4.87. The van der Waals surface area contributed by atoms with Gasteiger partial charge in [0.1, 0.15) is 11.4 Å². The van der Waals surface area contributed by atoms with Crippen molar-refractivity contribution in [3.8, 4) is 28.7 Å². The van der Waals surface area contributed by atoms with E-state index >= 15 is 0 Å². The molecule has 0 unspecified atom stereocenters. The third-order valence-electron chi connectivity index (χ3n) is 3.52. The Morgan fingerprint density at radius 3 is 2.96 bits per heavy atom. The number of hydrogen-bond donors (Lipinski definition) is 1. The molecule has 0 amide bonds. The zero-order valence-electron chi connectivity index (χ0n) is 12.1. The first kappa shape index (κ1) is 13.8. The van der Waals surface area contributed by atoms with E-state index in [1.54, 1.807) is 31.5 Å². The zero-order chi connectivity index (χ0) is 15.8. The van der Waals surface area contributed by atoms with E-state index in [2.05, 4.69) is 20.1 Å². The molecule has 114 valence electrons. The standard InChI is InChI=1S/C16H11ClN4O2/c1-22-9-2-3-10(12(17)8-9)16-20-15(21-23-16)14-11-4-6-18-13(11)5-7-19-14/h2-8,18H,1H3. The van der Waals surface area contributed by atoms with Crippen LogP contribution in [0.4, 0.5) is 0 Å². The van der Waals surface area contributed by atoms with Crippen LogP contribution in [0.2, 0.25) is 5.02 Å². The molecular formula is C16H11ClN4O2. The number of H-pyrrole nitrogens is 1. The number of rotatable bonds is 3. The Morgan fingerprint density at radius 1 is 1.22 bits per heavy atom. The molecule has 0 bridgehead atoms. The van der Waals surface area contributed by atoms with Crippen molar-refractivity contribution < 1.29 is 9.26 Å². The van der Waals surface area contributed by atoms with Crippen LogP contribution in [0.3, 0.4) is 0 Å². The molecule has 0 aliphatic carbocycles. The molecular weight excluding hydrogens is 316 g/mol. The second kappa shape index (κ2) is 5.40. The number of aromatic amines is 1. The molecule has 3 heterocycles. The summed E-state index contributed by atoms with van der Waals surface area (Å²) in [6.07, 6.45) is 3.54. The van der Waals surface area contributed by atoms with E-state index in [0.717, 1.165) is 10.9 Å². The van der Waals surface area contributed by atoms with Crippen LogP contribution >= 0.6 is 11.6 Å². The highest BCUT2D eigenvalue weighted by Crippen LogP contribution is 2.32. The average Bonchev–Trinajstić information content (AvgIpc) is 3.23. The first-order chi connectivity index (χ1) is 11.3. The predicted molar refractivity (Wildman–Crippen MR) is 86.4 cm³/mol. The predicted octanol–water partition coefficient (Wildman–Crippen LogP) is 3.94. The maximum atomic E-state index is 6.25. The Bertz CT molecular complexity index is 993. The van der Waals surface area contributed by atoms with Crippen LogP contribution in [-0.4, -0.2) is 27.2 Å². The van der Waals surface area contributed by atoms with Crippen molar-refractivity contribution in [2.75, 3.05) is 7.11 Å². The first-order valence-electron chi connectivity index (χ1n) is 6.86. The summed E-state index contributed by atoms with van der Waals surface area (Å²) in [5, 5.41) is 5.43. The number of nitrogens with one attached hydrogen (secondary N) is 1. The Kier molecular flexibility index (Phi) is 3.24. The Labute approximate surface area is 136 Å². The van der Waals surface area contributed by atoms with Crippen molar-refractivity contribution in [1.29, 1.82) is 0 Å². The van der Waals surface area contributed by atoms with Gasteiger partial charge in [0, 0.05) is 23.3 Å². The van der Waals surface area contributed by atoms with Crippen molar-refractivity contribution >= 4 is 22.5 Å². The average molecular weight is 327 g/mol. The third kappa shape index (κ3) is 2.33. The van der Waals surface area contributed by atoms with Crippen LogP contribution in [0.1, 0.15) is 0 Å². The van der Waals surface area contributed by atoms with E-state index < -0.39 is 0 Å². The molecule has 4 rings (SSSR count). The lowest BCUT2D eigenvalue weighted by atomic mass is 10.2. The molecule has 7 heteroatoms. The van der Waals surface area contributed by atoms with Crippen LogP contribution < -0.4 is 4.74 Å². The number of hydrogen-bond acceptors (Lipinski definition) is 5. The molecule has 4 aromatic rings. The van der Waals surface area contributed by atoms with Crippen LogP contribution in [0.15, 0.2) is 47.2 Å². The summed E-state index contributed by atoms with van der Waals surface area (Å²) in [4.78, 5) is 11.9. The summed E-state index contributed by atoms with van der Waals surface area (Å²) >= 11 is 6.25. The van der Waals surface area contributed by atoms with Gasteiger partial charge in [0.05, 0.1) is 17.7 Å². The number of ether oxygens (including phenoxy) is 1. The minimum Gasteiger partial charge on any atom is -0.497 e. The van der Waals surface area contributed by atoms with E-state index in [0.29, 0.717) is 33.7 Å². The molecule has 3 aromatic heterocycles. The largest absolute Gasteiger partial charge is 0.497 e. The molecule has 0 spiro atoms. The van der Waals surface area contributed by atoms with Crippen molar-refractivity contribution in [3.63, 3.8) is 0 Å². The normalized spacial score (nSPS) is 11.0. The van der Waals surface area contributed by atoms with Gasteiger partial charge in [0.15, 0.2) is 0 Å². The molecule has 0 atom stereocenters. The van der Waals surface area contributed by atoms with Gasteiger partial charge in [-0.3, -0.25) is 4.98 Å². The summed E-state index contributed by atoms with van der Waals surface area (Å²) < 4.78 is 10.5. The van der Waals surface area contributed by atoms with E-state index in [1.807, 2.05) is 18.3 Å². The lowest BCUT2D eigenvalue weighted by molar-refractivity contribution is 0.414. The third-order valence-corrected chi connectivity index (χ3v) is 3.84. The number of halogens is 1. The smallest absolute Gasteiger partial charge is 0.259 e. The Balaban J connectivity index is 1.79. The number of benzene rings is 1. The number of methoxy groups -OCH3 is 1. The molecule has 0 radical (unpaired) electrons. The monoisotopic (exact) mass is 326 g/mol. The highest BCUT2D eigenvalue weighted by molar-refractivity contribution is 6.33. The summed E-state index contributed by atoms with van der Waals surface area (Å²) in [5.74, 6) is 1.41.